The zero-order chi connectivity index (χ0) is 17.4. The lowest BCUT2D eigenvalue weighted by atomic mass is 10.1. The number of benzene rings is 1. The van der Waals surface area contributed by atoms with Gasteiger partial charge in [-0.15, -0.1) is 11.8 Å². The van der Waals surface area contributed by atoms with Gasteiger partial charge in [0, 0.05) is 31.6 Å². The highest BCUT2D eigenvalue weighted by Crippen LogP contribution is 2.26. The molecule has 0 saturated heterocycles. The van der Waals surface area contributed by atoms with Crippen molar-refractivity contribution in [3.63, 3.8) is 0 Å². The van der Waals surface area contributed by atoms with Crippen molar-refractivity contribution in [1.82, 2.24) is 10.3 Å². The lowest BCUT2D eigenvalue weighted by molar-refractivity contribution is -0.118. The van der Waals surface area contributed by atoms with Crippen molar-refractivity contribution in [1.29, 1.82) is 0 Å². The van der Waals surface area contributed by atoms with Crippen LogP contribution in [0.1, 0.15) is 23.4 Å². The number of oxazole rings is 1. The Morgan fingerprint density at radius 3 is 2.88 bits per heavy atom. The fourth-order valence-electron chi connectivity index (χ4n) is 2.23. The topological polar surface area (TPSA) is 64.4 Å². The van der Waals surface area contributed by atoms with Crippen molar-refractivity contribution in [2.45, 2.75) is 26.0 Å². The van der Waals surface area contributed by atoms with Gasteiger partial charge in [0.15, 0.2) is 0 Å². The highest BCUT2D eigenvalue weighted by molar-refractivity contribution is 7.99. The predicted molar refractivity (Wildman–Crippen MR) is 97.1 cm³/mol. The van der Waals surface area contributed by atoms with Crippen molar-refractivity contribution in [3.8, 4) is 11.5 Å². The molecule has 5 nitrogen and oxygen atoms in total. The van der Waals surface area contributed by atoms with E-state index in [0.29, 0.717) is 30.5 Å². The molecule has 6 heteroatoms. The molecular weight excluding hydrogens is 324 g/mol. The third kappa shape index (κ3) is 5.39. The number of aromatic nitrogens is 1. The molecule has 0 bridgehead atoms. The van der Waals surface area contributed by atoms with Crippen LogP contribution in [0.2, 0.25) is 0 Å². The maximum atomic E-state index is 11.7. The average molecular weight is 348 g/mol. The summed E-state index contributed by atoms with van der Waals surface area (Å²) >= 11 is 1.54. The molecule has 0 spiro atoms. The molecule has 0 fully saturated rings. The summed E-state index contributed by atoms with van der Waals surface area (Å²) in [5.74, 6) is 2.56. The van der Waals surface area contributed by atoms with Crippen molar-refractivity contribution in [2.24, 2.45) is 0 Å². The first-order valence-corrected chi connectivity index (χ1v) is 9.13. The van der Waals surface area contributed by atoms with E-state index < -0.39 is 0 Å². The second-order valence-electron chi connectivity index (χ2n) is 5.53. The summed E-state index contributed by atoms with van der Waals surface area (Å²) in [6.45, 7) is 5.26. The molecule has 1 aromatic carbocycles. The lowest BCUT2D eigenvalue weighted by Gasteiger charge is -2.04. The number of hydrogen-bond donors (Lipinski definition) is 1. The van der Waals surface area contributed by atoms with Gasteiger partial charge in [0.1, 0.15) is 5.76 Å². The summed E-state index contributed by atoms with van der Waals surface area (Å²) in [6, 6.07) is 8.02. The fourth-order valence-corrected chi connectivity index (χ4v) is 3.08. The fraction of sp³-hybridized carbons (Fsp3) is 0.444. The molecule has 0 saturated carbocycles. The van der Waals surface area contributed by atoms with E-state index in [-0.39, 0.29) is 5.91 Å². The van der Waals surface area contributed by atoms with Crippen LogP contribution in [0.15, 0.2) is 28.7 Å². The molecule has 130 valence electrons. The largest absolute Gasteiger partial charge is 0.441 e. The van der Waals surface area contributed by atoms with Crippen LogP contribution in [0, 0.1) is 13.8 Å². The first kappa shape index (κ1) is 18.5. The summed E-state index contributed by atoms with van der Waals surface area (Å²) < 4.78 is 10.7. The predicted octanol–water partition coefficient (Wildman–Crippen LogP) is 3.34. The number of nitrogens with zero attached hydrogens (tertiary/aromatic N) is 1. The third-order valence-corrected chi connectivity index (χ3v) is 4.53. The minimum absolute atomic E-state index is 0.0383. The Labute approximate surface area is 147 Å². The second kappa shape index (κ2) is 9.49. The molecule has 1 N–H and O–H groups in total. The molecule has 1 aromatic heterocycles. The van der Waals surface area contributed by atoms with E-state index >= 15 is 0 Å². The van der Waals surface area contributed by atoms with E-state index in [9.17, 15) is 4.79 Å². The Morgan fingerprint density at radius 2 is 2.12 bits per heavy atom. The van der Waals surface area contributed by atoms with Gasteiger partial charge in [-0.2, -0.15) is 0 Å². The Balaban J connectivity index is 1.84. The molecule has 2 rings (SSSR count). The maximum absolute atomic E-state index is 11.7. The van der Waals surface area contributed by atoms with Gasteiger partial charge in [0.25, 0.3) is 0 Å². The van der Waals surface area contributed by atoms with Gasteiger partial charge in [0.05, 0.1) is 11.4 Å². The first-order chi connectivity index (χ1) is 11.6. The van der Waals surface area contributed by atoms with E-state index in [1.165, 1.54) is 11.8 Å². The zero-order valence-corrected chi connectivity index (χ0v) is 15.2. The quantitative estimate of drug-likeness (QED) is 0.704. The number of carbonyl (C=O) groups is 1. The van der Waals surface area contributed by atoms with E-state index in [0.717, 1.165) is 29.0 Å². The highest BCUT2D eigenvalue weighted by atomic mass is 32.2. The van der Waals surface area contributed by atoms with E-state index in [4.69, 9.17) is 9.15 Å². The average Bonchev–Trinajstić information content (AvgIpc) is 2.93. The van der Waals surface area contributed by atoms with Gasteiger partial charge >= 0.3 is 0 Å². The van der Waals surface area contributed by atoms with Crippen LogP contribution >= 0.6 is 11.8 Å². The van der Waals surface area contributed by atoms with Crippen LogP contribution in [0.4, 0.5) is 0 Å². The molecule has 2 aromatic rings. The number of rotatable bonds is 9. The number of nitrogens with one attached hydrogen (secondary N) is 1. The van der Waals surface area contributed by atoms with Gasteiger partial charge < -0.3 is 14.5 Å². The van der Waals surface area contributed by atoms with Gasteiger partial charge in [-0.3, -0.25) is 4.79 Å². The number of carbonyl (C=O) groups excluding carboxylic acids is 1. The molecule has 0 aliphatic heterocycles. The van der Waals surface area contributed by atoms with Crippen LogP contribution in [0.25, 0.3) is 11.5 Å². The number of amides is 1. The molecule has 0 aliphatic carbocycles. The Kier molecular flexibility index (Phi) is 7.34. The molecule has 0 unspecified atom stereocenters. The monoisotopic (exact) mass is 348 g/mol. The number of ether oxygens (including phenoxy) is 1. The van der Waals surface area contributed by atoms with Gasteiger partial charge in [-0.25, -0.2) is 4.98 Å². The number of hydrogen-bond acceptors (Lipinski definition) is 5. The molecule has 0 aliphatic rings. The van der Waals surface area contributed by atoms with Crippen molar-refractivity contribution in [2.75, 3.05) is 26.0 Å². The van der Waals surface area contributed by atoms with Crippen LogP contribution in [0.3, 0.4) is 0 Å². The molecule has 0 radical (unpaired) electrons. The smallest absolute Gasteiger partial charge is 0.230 e. The van der Waals surface area contributed by atoms with Crippen molar-refractivity contribution in [3.05, 3.63) is 41.3 Å². The number of aryl methyl sites for hydroxylation is 2. The SMILES string of the molecule is COCCCNC(=O)CSCc1nc(-c2ccccc2C)oc1C. The second-order valence-corrected chi connectivity index (χ2v) is 6.51. The molecular formula is C18H24N2O3S. The molecule has 1 heterocycles. The minimum atomic E-state index is 0.0383. The Morgan fingerprint density at radius 1 is 1.33 bits per heavy atom. The summed E-state index contributed by atoms with van der Waals surface area (Å²) in [6.07, 6.45) is 0.828. The summed E-state index contributed by atoms with van der Waals surface area (Å²) in [5, 5.41) is 2.87. The van der Waals surface area contributed by atoms with E-state index in [1.54, 1.807) is 7.11 Å². The summed E-state index contributed by atoms with van der Waals surface area (Å²) in [5.41, 5.74) is 3.03. The lowest BCUT2D eigenvalue weighted by Crippen LogP contribution is -2.26. The highest BCUT2D eigenvalue weighted by Gasteiger charge is 2.13. The van der Waals surface area contributed by atoms with Gasteiger partial charge in [0.2, 0.25) is 11.8 Å². The van der Waals surface area contributed by atoms with Crippen LogP contribution in [-0.4, -0.2) is 36.9 Å². The Bertz CT molecular complexity index is 670. The summed E-state index contributed by atoms with van der Waals surface area (Å²) in [4.78, 5) is 16.3. The number of methoxy groups -OCH3 is 1. The standard InChI is InChI=1S/C18H24N2O3S/c1-13-7-4-5-8-15(13)18-20-16(14(2)23-18)11-24-12-17(21)19-9-6-10-22-3/h4-5,7-8H,6,9-12H2,1-3H3,(H,19,21). The maximum Gasteiger partial charge on any atom is 0.230 e. The van der Waals surface area contributed by atoms with Crippen LogP contribution < -0.4 is 5.32 Å². The van der Waals surface area contributed by atoms with Gasteiger partial charge in [-0.05, 0) is 31.9 Å². The molecule has 0 atom stereocenters. The van der Waals surface area contributed by atoms with Crippen LogP contribution in [-0.2, 0) is 15.3 Å². The zero-order valence-electron chi connectivity index (χ0n) is 14.4. The van der Waals surface area contributed by atoms with Crippen LogP contribution in [0.5, 0.6) is 0 Å². The van der Waals surface area contributed by atoms with E-state index in [1.807, 2.05) is 38.1 Å². The van der Waals surface area contributed by atoms with E-state index in [2.05, 4.69) is 10.3 Å². The third-order valence-electron chi connectivity index (χ3n) is 3.59. The summed E-state index contributed by atoms with van der Waals surface area (Å²) in [7, 11) is 1.66. The van der Waals surface area contributed by atoms with Crippen molar-refractivity contribution >= 4 is 17.7 Å². The minimum Gasteiger partial charge on any atom is -0.441 e. The molecule has 1 amide bonds. The molecule has 24 heavy (non-hydrogen) atoms. The number of thioether (sulfide) groups is 1. The van der Waals surface area contributed by atoms with Crippen molar-refractivity contribution < 1.29 is 13.9 Å². The van der Waals surface area contributed by atoms with Gasteiger partial charge in [-0.1, -0.05) is 18.2 Å². The first-order valence-electron chi connectivity index (χ1n) is 7.97. The normalized spacial score (nSPS) is 10.8. The Hall–Kier alpha value is -1.79.